The van der Waals surface area contributed by atoms with E-state index in [0.717, 1.165) is 20.8 Å². The van der Waals surface area contributed by atoms with Gasteiger partial charge in [-0.25, -0.2) is 8.42 Å². The second-order valence-electron chi connectivity index (χ2n) is 9.76. The van der Waals surface area contributed by atoms with Crippen LogP contribution in [0.1, 0.15) is 39.7 Å². The summed E-state index contributed by atoms with van der Waals surface area (Å²) >= 11 is 3.34. The molecule has 3 rings (SSSR count). The van der Waals surface area contributed by atoms with E-state index >= 15 is 0 Å². The zero-order chi connectivity index (χ0) is 30.9. The van der Waals surface area contributed by atoms with Gasteiger partial charge in [0, 0.05) is 17.1 Å². The van der Waals surface area contributed by atoms with Gasteiger partial charge in [-0.2, -0.15) is 0 Å². The molecule has 226 valence electrons. The molecule has 42 heavy (non-hydrogen) atoms. The van der Waals surface area contributed by atoms with Gasteiger partial charge in [-0.1, -0.05) is 35.0 Å². The van der Waals surface area contributed by atoms with Crippen LogP contribution in [-0.4, -0.2) is 57.5 Å². The number of carbonyl (C=O) groups excluding carboxylic acids is 2. The van der Waals surface area contributed by atoms with E-state index in [9.17, 15) is 18.0 Å². The Balaban J connectivity index is 2.02. The lowest BCUT2D eigenvalue weighted by atomic mass is 10.1. The highest BCUT2D eigenvalue weighted by atomic mass is 79.9. The van der Waals surface area contributed by atoms with Gasteiger partial charge < -0.3 is 19.7 Å². The molecule has 0 radical (unpaired) electrons. The van der Waals surface area contributed by atoms with Crippen molar-refractivity contribution in [1.82, 2.24) is 10.2 Å². The Morgan fingerprint density at radius 2 is 1.50 bits per heavy atom. The largest absolute Gasteiger partial charge is 0.497 e. The molecule has 2 atom stereocenters. The number of nitrogens with zero attached hydrogens (tertiary/aromatic N) is 2. The summed E-state index contributed by atoms with van der Waals surface area (Å²) in [5, 5.41) is 2.93. The topological polar surface area (TPSA) is 105 Å². The van der Waals surface area contributed by atoms with E-state index < -0.39 is 28.5 Å². The van der Waals surface area contributed by atoms with Crippen molar-refractivity contribution in [1.29, 1.82) is 0 Å². The second-order valence-corrected chi connectivity index (χ2v) is 12.5. The van der Waals surface area contributed by atoms with Gasteiger partial charge >= 0.3 is 0 Å². The van der Waals surface area contributed by atoms with Gasteiger partial charge in [0.15, 0.2) is 0 Å². The Labute approximate surface area is 257 Å². The molecule has 0 aliphatic heterocycles. The number of hydrogen-bond donors (Lipinski definition) is 1. The van der Waals surface area contributed by atoms with Crippen LogP contribution in [0.15, 0.2) is 82.2 Å². The maximum atomic E-state index is 14.0. The van der Waals surface area contributed by atoms with E-state index in [1.54, 1.807) is 74.7 Å². The number of halogens is 1. The fraction of sp³-hybridized carbons (Fsp3) is 0.355. The number of sulfonamides is 1. The molecule has 0 fully saturated rings. The lowest BCUT2D eigenvalue weighted by molar-refractivity contribution is -0.139. The standard InChI is InChI=1S/C31H38BrN3O6S/c1-6-22(3)33-31(37)23(4)34(20-24-8-14-27(40-5)15-9-24)30(36)21-35(26-12-16-28(17-13-26)41-7-2)42(38,39)29-18-10-25(32)11-19-29/h8-19,22-23H,6-7,20-21H2,1-5H3,(H,33,37)/t22-,23-/m0/s1. The third kappa shape index (κ3) is 8.48. The van der Waals surface area contributed by atoms with Crippen LogP contribution in [0.4, 0.5) is 5.69 Å². The SMILES string of the molecule is CCOc1ccc(N(CC(=O)N(Cc2ccc(OC)cc2)[C@@H](C)C(=O)N[C@@H](C)CC)S(=O)(=O)c2ccc(Br)cc2)cc1. The summed E-state index contributed by atoms with van der Waals surface area (Å²) in [5.74, 6) is 0.369. The smallest absolute Gasteiger partial charge is 0.264 e. The number of amides is 2. The highest BCUT2D eigenvalue weighted by molar-refractivity contribution is 9.10. The maximum Gasteiger partial charge on any atom is 0.264 e. The van der Waals surface area contributed by atoms with Crippen LogP contribution in [0.2, 0.25) is 0 Å². The third-order valence-corrected chi connectivity index (χ3v) is 9.11. The highest BCUT2D eigenvalue weighted by Gasteiger charge is 2.32. The molecule has 3 aromatic carbocycles. The highest BCUT2D eigenvalue weighted by Crippen LogP contribution is 2.27. The van der Waals surface area contributed by atoms with Gasteiger partial charge in [0.1, 0.15) is 24.1 Å². The van der Waals surface area contributed by atoms with Crippen LogP contribution in [0.25, 0.3) is 0 Å². The molecule has 0 spiro atoms. The molecule has 0 aliphatic carbocycles. The lowest BCUT2D eigenvalue weighted by Gasteiger charge is -2.32. The fourth-order valence-corrected chi connectivity index (χ4v) is 5.79. The molecule has 0 unspecified atom stereocenters. The van der Waals surface area contributed by atoms with Crippen molar-refractivity contribution in [2.45, 2.75) is 57.6 Å². The molecule has 1 N–H and O–H groups in total. The monoisotopic (exact) mass is 659 g/mol. The molecule has 0 aromatic heterocycles. The van der Waals surface area contributed by atoms with E-state index in [2.05, 4.69) is 21.2 Å². The first-order chi connectivity index (χ1) is 20.0. The van der Waals surface area contributed by atoms with Crippen LogP contribution in [0.5, 0.6) is 11.5 Å². The quantitative estimate of drug-likeness (QED) is 0.249. The minimum Gasteiger partial charge on any atom is -0.497 e. The number of nitrogens with one attached hydrogen (secondary N) is 1. The number of anilines is 1. The van der Waals surface area contributed by atoms with Crippen molar-refractivity contribution in [3.63, 3.8) is 0 Å². The number of benzene rings is 3. The maximum absolute atomic E-state index is 14.0. The molecule has 0 saturated heterocycles. The molecule has 3 aromatic rings. The normalized spacial score (nSPS) is 12.6. The number of ether oxygens (including phenoxy) is 2. The third-order valence-electron chi connectivity index (χ3n) is 6.80. The van der Waals surface area contributed by atoms with Crippen molar-refractivity contribution in [3.8, 4) is 11.5 Å². The van der Waals surface area contributed by atoms with Crippen LogP contribution >= 0.6 is 15.9 Å². The predicted molar refractivity (Wildman–Crippen MR) is 167 cm³/mol. The zero-order valence-corrected chi connectivity index (χ0v) is 26.9. The average Bonchev–Trinajstić information content (AvgIpc) is 2.99. The Bertz CT molecular complexity index is 1430. The minimum atomic E-state index is -4.17. The van der Waals surface area contributed by atoms with Gasteiger partial charge in [0.25, 0.3) is 10.0 Å². The lowest BCUT2D eigenvalue weighted by Crippen LogP contribution is -2.52. The average molecular weight is 661 g/mol. The summed E-state index contributed by atoms with van der Waals surface area (Å²) in [6, 6.07) is 18.9. The molecule has 0 heterocycles. The van der Waals surface area contributed by atoms with E-state index in [-0.39, 0.29) is 29.1 Å². The van der Waals surface area contributed by atoms with Crippen molar-refractivity contribution in [2.75, 3.05) is 24.6 Å². The van der Waals surface area contributed by atoms with Gasteiger partial charge in [-0.05, 0) is 93.4 Å². The summed E-state index contributed by atoms with van der Waals surface area (Å²) in [5.41, 5.74) is 1.05. The van der Waals surface area contributed by atoms with Crippen molar-refractivity contribution < 1.29 is 27.5 Å². The molecule has 2 amide bonds. The second kappa shape index (κ2) is 15.1. The first-order valence-corrected chi connectivity index (χ1v) is 16.0. The molecule has 0 saturated carbocycles. The summed E-state index contributed by atoms with van der Waals surface area (Å²) in [7, 11) is -2.61. The first kappa shape index (κ1) is 32.9. The Kier molecular flexibility index (Phi) is 11.8. The Morgan fingerprint density at radius 1 is 0.905 bits per heavy atom. The predicted octanol–water partition coefficient (Wildman–Crippen LogP) is 5.38. The van der Waals surface area contributed by atoms with E-state index in [1.165, 1.54) is 17.0 Å². The van der Waals surface area contributed by atoms with Crippen molar-refractivity contribution in [3.05, 3.63) is 82.8 Å². The molecule has 0 aliphatic rings. The minimum absolute atomic E-state index is 0.0247. The summed E-state index contributed by atoms with van der Waals surface area (Å²) in [6.45, 7) is 7.36. The number of rotatable bonds is 14. The summed E-state index contributed by atoms with van der Waals surface area (Å²) in [4.78, 5) is 28.6. The van der Waals surface area contributed by atoms with E-state index in [1.807, 2.05) is 20.8 Å². The van der Waals surface area contributed by atoms with Gasteiger partial charge in [0.2, 0.25) is 11.8 Å². The van der Waals surface area contributed by atoms with Gasteiger partial charge in [-0.15, -0.1) is 0 Å². The Morgan fingerprint density at radius 3 is 2.05 bits per heavy atom. The summed E-state index contributed by atoms with van der Waals surface area (Å²) in [6.07, 6.45) is 0.724. The Hall–Kier alpha value is -3.57. The molecule has 11 heteroatoms. The number of methoxy groups -OCH3 is 1. The summed E-state index contributed by atoms with van der Waals surface area (Å²) < 4.78 is 40.4. The number of hydrogen-bond acceptors (Lipinski definition) is 6. The molecule has 9 nitrogen and oxygen atoms in total. The van der Waals surface area contributed by atoms with Crippen molar-refractivity contribution in [2.24, 2.45) is 0 Å². The van der Waals surface area contributed by atoms with Crippen molar-refractivity contribution >= 4 is 43.5 Å². The number of carbonyl (C=O) groups is 2. The first-order valence-electron chi connectivity index (χ1n) is 13.7. The molecular weight excluding hydrogens is 622 g/mol. The molecule has 0 bridgehead atoms. The van der Waals surface area contributed by atoms with Crippen LogP contribution < -0.4 is 19.1 Å². The van der Waals surface area contributed by atoms with E-state index in [4.69, 9.17) is 9.47 Å². The van der Waals surface area contributed by atoms with Gasteiger partial charge in [-0.3, -0.25) is 13.9 Å². The van der Waals surface area contributed by atoms with Gasteiger partial charge in [0.05, 0.1) is 24.3 Å². The molecular formula is C31H38BrN3O6S. The van der Waals surface area contributed by atoms with E-state index in [0.29, 0.717) is 18.1 Å². The van der Waals surface area contributed by atoms with Crippen LogP contribution in [0.3, 0.4) is 0 Å². The van der Waals surface area contributed by atoms with Crippen LogP contribution in [0, 0.1) is 0 Å². The fourth-order valence-electron chi connectivity index (χ4n) is 4.11. The zero-order valence-electron chi connectivity index (χ0n) is 24.5. The van der Waals surface area contributed by atoms with Crippen LogP contribution in [-0.2, 0) is 26.2 Å².